The average molecular weight is 598 g/mol. The van der Waals surface area contributed by atoms with Crippen molar-refractivity contribution in [1.82, 2.24) is 10.2 Å². The Morgan fingerprint density at radius 1 is 0.791 bits per heavy atom. The second-order valence-corrected chi connectivity index (χ2v) is 12.6. The van der Waals surface area contributed by atoms with Crippen LogP contribution in [-0.4, -0.2) is 43.8 Å². The maximum absolute atomic E-state index is 14.4. The number of carbonyl (C=O) groups is 2. The lowest BCUT2D eigenvalue weighted by Gasteiger charge is -2.34. The van der Waals surface area contributed by atoms with E-state index >= 15 is 0 Å². The lowest BCUT2D eigenvalue weighted by Crippen LogP contribution is -2.54. The number of sulfonamides is 1. The fraction of sp³-hybridized carbons (Fsp3) is 0.257. The summed E-state index contributed by atoms with van der Waals surface area (Å²) in [5.74, 6) is -0.763. The topological polar surface area (TPSA) is 86.8 Å². The van der Waals surface area contributed by atoms with Gasteiger partial charge in [-0.15, -0.1) is 0 Å². The molecule has 0 bridgehead atoms. The Hall–Kier alpha value is -4.43. The van der Waals surface area contributed by atoms with Crippen molar-refractivity contribution in [2.45, 2.75) is 57.1 Å². The van der Waals surface area contributed by atoms with Crippen LogP contribution in [0.4, 0.5) is 5.69 Å². The lowest BCUT2D eigenvalue weighted by molar-refractivity contribution is -0.140. The Morgan fingerprint density at radius 3 is 1.95 bits per heavy atom. The van der Waals surface area contributed by atoms with E-state index in [0.717, 1.165) is 27.4 Å². The van der Waals surface area contributed by atoms with Gasteiger partial charge in [0.15, 0.2) is 0 Å². The lowest BCUT2D eigenvalue weighted by atomic mass is 10.0. The van der Waals surface area contributed by atoms with Gasteiger partial charge in [-0.2, -0.15) is 0 Å². The molecular weight excluding hydrogens is 558 g/mol. The second kappa shape index (κ2) is 14.6. The molecule has 1 N–H and O–H groups in total. The first-order chi connectivity index (χ1) is 20.7. The van der Waals surface area contributed by atoms with Crippen LogP contribution in [0.3, 0.4) is 0 Å². The third kappa shape index (κ3) is 8.32. The molecule has 0 fully saturated rings. The first-order valence-electron chi connectivity index (χ1n) is 14.5. The van der Waals surface area contributed by atoms with Crippen LogP contribution in [0, 0.1) is 6.92 Å². The molecule has 0 aliphatic carbocycles. The monoisotopic (exact) mass is 597 g/mol. The highest BCUT2D eigenvalue weighted by Crippen LogP contribution is 2.26. The minimum atomic E-state index is -4.11. The number of nitrogens with one attached hydrogen (secondary N) is 1. The summed E-state index contributed by atoms with van der Waals surface area (Å²) < 4.78 is 29.2. The zero-order valence-corrected chi connectivity index (χ0v) is 25.7. The summed E-state index contributed by atoms with van der Waals surface area (Å²) >= 11 is 0. The Morgan fingerprint density at radius 2 is 1.37 bits per heavy atom. The maximum atomic E-state index is 14.4. The zero-order chi connectivity index (χ0) is 30.8. The predicted molar refractivity (Wildman–Crippen MR) is 171 cm³/mol. The van der Waals surface area contributed by atoms with Crippen molar-refractivity contribution in [2.24, 2.45) is 0 Å². The first-order valence-corrected chi connectivity index (χ1v) is 15.9. The van der Waals surface area contributed by atoms with Gasteiger partial charge in [-0.05, 0) is 61.2 Å². The molecule has 0 saturated heterocycles. The summed E-state index contributed by atoms with van der Waals surface area (Å²) in [5, 5.41) is 3.05. The Labute approximate surface area is 255 Å². The third-order valence-electron chi connectivity index (χ3n) is 7.37. The summed E-state index contributed by atoms with van der Waals surface area (Å²) in [7, 11) is -4.11. The standard InChI is InChI=1S/C35H39N3O4S/c1-4-28(3)36-35(40)33(24-29-16-8-5-9-17-29)37(25-30-18-10-6-11-19-30)34(39)26-38(31-20-14-15-27(2)23-31)43(41,42)32-21-12-7-13-22-32/h5-23,28,33H,4,24-26H2,1-3H3,(H,36,40). The van der Waals surface area contributed by atoms with Gasteiger partial charge in [0.05, 0.1) is 10.6 Å². The molecule has 4 aromatic rings. The molecular formula is C35H39N3O4S. The van der Waals surface area contributed by atoms with Crippen LogP contribution in [0.5, 0.6) is 0 Å². The maximum Gasteiger partial charge on any atom is 0.264 e. The van der Waals surface area contributed by atoms with Crippen molar-refractivity contribution in [2.75, 3.05) is 10.8 Å². The summed E-state index contributed by atoms with van der Waals surface area (Å²) in [6.45, 7) is 5.44. The quantitative estimate of drug-likeness (QED) is 0.213. The molecule has 0 aliphatic heterocycles. The van der Waals surface area contributed by atoms with E-state index in [1.807, 2.05) is 87.5 Å². The van der Waals surface area contributed by atoms with Crippen LogP contribution in [0.25, 0.3) is 0 Å². The van der Waals surface area contributed by atoms with Gasteiger partial charge in [-0.25, -0.2) is 8.42 Å². The van der Waals surface area contributed by atoms with E-state index in [4.69, 9.17) is 0 Å². The van der Waals surface area contributed by atoms with Gasteiger partial charge in [0.2, 0.25) is 11.8 Å². The largest absolute Gasteiger partial charge is 0.352 e. The summed E-state index contributed by atoms with van der Waals surface area (Å²) in [6, 6.07) is 33.1. The molecule has 0 radical (unpaired) electrons. The number of carbonyl (C=O) groups excluding carboxylic acids is 2. The van der Waals surface area contributed by atoms with Crippen LogP contribution < -0.4 is 9.62 Å². The van der Waals surface area contributed by atoms with E-state index in [0.29, 0.717) is 5.69 Å². The van der Waals surface area contributed by atoms with Crippen LogP contribution in [0.1, 0.15) is 37.0 Å². The smallest absolute Gasteiger partial charge is 0.264 e. The van der Waals surface area contributed by atoms with Crippen LogP contribution in [0.2, 0.25) is 0 Å². The molecule has 0 saturated carbocycles. The van der Waals surface area contributed by atoms with E-state index in [1.54, 1.807) is 36.4 Å². The molecule has 4 rings (SSSR count). The van der Waals surface area contributed by atoms with E-state index in [-0.39, 0.29) is 29.8 Å². The molecule has 0 heterocycles. The molecule has 7 nitrogen and oxygen atoms in total. The number of aryl methyl sites for hydroxylation is 1. The van der Waals surface area contributed by atoms with Crippen molar-refractivity contribution >= 4 is 27.5 Å². The average Bonchev–Trinajstić information content (AvgIpc) is 3.02. The first kappa shape index (κ1) is 31.5. The third-order valence-corrected chi connectivity index (χ3v) is 9.16. The minimum Gasteiger partial charge on any atom is -0.352 e. The van der Waals surface area contributed by atoms with Crippen LogP contribution in [0.15, 0.2) is 120 Å². The van der Waals surface area contributed by atoms with E-state index < -0.39 is 28.5 Å². The fourth-order valence-corrected chi connectivity index (χ4v) is 6.23. The number of hydrogen-bond donors (Lipinski definition) is 1. The highest BCUT2D eigenvalue weighted by Gasteiger charge is 2.34. The van der Waals surface area contributed by atoms with E-state index in [9.17, 15) is 18.0 Å². The highest BCUT2D eigenvalue weighted by atomic mass is 32.2. The number of nitrogens with zero attached hydrogens (tertiary/aromatic N) is 2. The molecule has 43 heavy (non-hydrogen) atoms. The SMILES string of the molecule is CCC(C)NC(=O)C(Cc1ccccc1)N(Cc1ccccc1)C(=O)CN(c1cccc(C)c1)S(=O)(=O)c1ccccc1. The number of amides is 2. The van der Waals surface area contributed by atoms with Crippen molar-refractivity contribution in [3.63, 3.8) is 0 Å². The van der Waals surface area contributed by atoms with Gasteiger partial charge in [0.25, 0.3) is 10.0 Å². The van der Waals surface area contributed by atoms with Gasteiger partial charge in [0.1, 0.15) is 12.6 Å². The minimum absolute atomic E-state index is 0.0780. The normalized spacial score (nSPS) is 12.6. The Kier molecular flexibility index (Phi) is 10.7. The zero-order valence-electron chi connectivity index (χ0n) is 24.9. The van der Waals surface area contributed by atoms with E-state index in [2.05, 4.69) is 5.32 Å². The predicted octanol–water partition coefficient (Wildman–Crippen LogP) is 5.75. The van der Waals surface area contributed by atoms with Gasteiger partial charge < -0.3 is 10.2 Å². The molecule has 0 aromatic heterocycles. The molecule has 2 unspecified atom stereocenters. The number of anilines is 1. The van der Waals surface area contributed by atoms with Crippen molar-refractivity contribution < 1.29 is 18.0 Å². The summed E-state index contributed by atoms with van der Waals surface area (Å²) in [6.07, 6.45) is 1.00. The molecule has 4 aromatic carbocycles. The van der Waals surface area contributed by atoms with Gasteiger partial charge >= 0.3 is 0 Å². The van der Waals surface area contributed by atoms with Crippen molar-refractivity contribution in [3.8, 4) is 0 Å². The highest BCUT2D eigenvalue weighted by molar-refractivity contribution is 7.92. The summed E-state index contributed by atoms with van der Waals surface area (Å²) in [4.78, 5) is 29.9. The van der Waals surface area contributed by atoms with Crippen LogP contribution >= 0.6 is 0 Å². The van der Waals surface area contributed by atoms with Crippen LogP contribution in [-0.2, 0) is 32.6 Å². The molecule has 0 aliphatic rings. The molecule has 2 amide bonds. The van der Waals surface area contributed by atoms with Crippen molar-refractivity contribution in [3.05, 3.63) is 132 Å². The molecule has 224 valence electrons. The molecule has 0 spiro atoms. The van der Waals surface area contributed by atoms with Gasteiger partial charge in [-0.3, -0.25) is 13.9 Å². The van der Waals surface area contributed by atoms with Gasteiger partial charge in [-0.1, -0.05) is 97.9 Å². The fourth-order valence-electron chi connectivity index (χ4n) is 4.81. The second-order valence-electron chi connectivity index (χ2n) is 10.7. The molecule has 8 heteroatoms. The molecule has 2 atom stereocenters. The van der Waals surface area contributed by atoms with Gasteiger partial charge in [0, 0.05) is 19.0 Å². The summed E-state index contributed by atoms with van der Waals surface area (Å²) in [5.41, 5.74) is 2.96. The Balaban J connectivity index is 1.79. The van der Waals surface area contributed by atoms with E-state index in [1.165, 1.54) is 17.0 Å². The number of hydrogen-bond acceptors (Lipinski definition) is 4. The number of rotatable bonds is 13. The number of benzene rings is 4. The Bertz CT molecular complexity index is 1600. The van der Waals surface area contributed by atoms with Crippen molar-refractivity contribution in [1.29, 1.82) is 0 Å².